The predicted molar refractivity (Wildman–Crippen MR) is 76.9 cm³/mol. The number of aromatic nitrogens is 2. The number of nitrogens with zero attached hydrogens (tertiary/aromatic N) is 2. The topological polar surface area (TPSA) is 98.3 Å². The number of H-pyrrole nitrogens is 1. The molecule has 0 saturated carbocycles. The van der Waals surface area contributed by atoms with Crippen molar-refractivity contribution in [2.45, 2.75) is 32.1 Å². The number of urea groups is 1. The molecule has 116 valence electrons. The Morgan fingerprint density at radius 3 is 3.10 bits per heavy atom. The van der Waals surface area contributed by atoms with Crippen molar-refractivity contribution in [3.63, 3.8) is 0 Å². The first kappa shape index (κ1) is 15.3. The van der Waals surface area contributed by atoms with E-state index in [0.717, 1.165) is 25.2 Å². The number of likely N-dealkylation sites (tertiary alicyclic amines) is 1. The van der Waals surface area contributed by atoms with E-state index in [2.05, 4.69) is 15.3 Å². The van der Waals surface area contributed by atoms with E-state index in [-0.39, 0.29) is 12.5 Å². The van der Waals surface area contributed by atoms with Crippen molar-refractivity contribution in [2.24, 2.45) is 5.92 Å². The summed E-state index contributed by atoms with van der Waals surface area (Å²) >= 11 is 0. The molecule has 1 saturated heterocycles. The number of rotatable bonds is 6. The molecule has 0 radical (unpaired) electrons. The van der Waals surface area contributed by atoms with Gasteiger partial charge in [0.25, 0.3) is 0 Å². The number of hydrogen-bond donors (Lipinski definition) is 3. The number of aliphatic carboxylic acids is 1. The van der Waals surface area contributed by atoms with Crippen molar-refractivity contribution in [3.8, 4) is 0 Å². The van der Waals surface area contributed by atoms with Crippen LogP contribution < -0.4 is 5.32 Å². The lowest BCUT2D eigenvalue weighted by Gasteiger charge is -2.32. The number of carboxylic acids is 1. The summed E-state index contributed by atoms with van der Waals surface area (Å²) in [5.74, 6) is 0.383. The van der Waals surface area contributed by atoms with Crippen LogP contribution in [0.2, 0.25) is 0 Å². The normalized spacial score (nSPS) is 18.5. The second kappa shape index (κ2) is 7.66. The molecule has 3 N–H and O–H groups in total. The quantitative estimate of drug-likeness (QED) is 0.735. The first-order chi connectivity index (χ1) is 10.1. The van der Waals surface area contributed by atoms with Gasteiger partial charge in [0.2, 0.25) is 0 Å². The standard InChI is InChI=1S/C14H22N4O3/c19-13(20)4-3-11-2-1-9-18(10-11)14(21)17-6-5-12-15-7-8-16-12/h7-8,11H,1-6,9-10H2,(H,15,16)(H,17,21)(H,19,20). The maximum atomic E-state index is 12.1. The van der Waals surface area contributed by atoms with Crippen LogP contribution in [0.5, 0.6) is 0 Å². The fraction of sp³-hybridized carbons (Fsp3) is 0.643. The number of amides is 2. The summed E-state index contributed by atoms with van der Waals surface area (Å²) in [4.78, 5) is 31.6. The van der Waals surface area contributed by atoms with Crippen LogP contribution in [0.3, 0.4) is 0 Å². The van der Waals surface area contributed by atoms with Gasteiger partial charge < -0.3 is 20.3 Å². The van der Waals surface area contributed by atoms with Crippen LogP contribution in [0.25, 0.3) is 0 Å². The minimum atomic E-state index is -0.768. The van der Waals surface area contributed by atoms with Crippen molar-refractivity contribution in [1.82, 2.24) is 20.2 Å². The fourth-order valence-corrected chi connectivity index (χ4v) is 2.65. The highest BCUT2D eigenvalue weighted by atomic mass is 16.4. The molecule has 0 bridgehead atoms. The molecule has 2 rings (SSSR count). The number of carboxylic acid groups (broad SMARTS) is 1. The van der Waals surface area contributed by atoms with Crippen molar-refractivity contribution in [1.29, 1.82) is 0 Å². The van der Waals surface area contributed by atoms with E-state index >= 15 is 0 Å². The van der Waals surface area contributed by atoms with Gasteiger partial charge in [-0.2, -0.15) is 0 Å². The van der Waals surface area contributed by atoms with Gasteiger partial charge in [-0.3, -0.25) is 4.79 Å². The van der Waals surface area contributed by atoms with Crippen LogP contribution in [0.4, 0.5) is 4.79 Å². The summed E-state index contributed by atoms with van der Waals surface area (Å²) in [5, 5.41) is 11.6. The number of hydrogen-bond acceptors (Lipinski definition) is 3. The minimum Gasteiger partial charge on any atom is -0.481 e. The van der Waals surface area contributed by atoms with Gasteiger partial charge >= 0.3 is 12.0 Å². The monoisotopic (exact) mass is 294 g/mol. The molecule has 1 aromatic rings. The zero-order valence-corrected chi connectivity index (χ0v) is 12.0. The molecule has 2 heterocycles. The zero-order chi connectivity index (χ0) is 15.1. The molecule has 21 heavy (non-hydrogen) atoms. The third-order valence-electron chi connectivity index (χ3n) is 3.77. The van der Waals surface area contributed by atoms with E-state index in [1.807, 2.05) is 0 Å². The van der Waals surface area contributed by atoms with Crippen molar-refractivity contribution >= 4 is 12.0 Å². The van der Waals surface area contributed by atoms with E-state index < -0.39 is 5.97 Å². The lowest BCUT2D eigenvalue weighted by atomic mass is 9.93. The van der Waals surface area contributed by atoms with Gasteiger partial charge in [0.1, 0.15) is 5.82 Å². The smallest absolute Gasteiger partial charge is 0.317 e. The molecule has 0 spiro atoms. The Bertz CT molecular complexity index is 461. The number of aromatic amines is 1. The first-order valence-corrected chi connectivity index (χ1v) is 7.38. The van der Waals surface area contributed by atoms with Gasteiger partial charge in [-0.1, -0.05) is 0 Å². The Balaban J connectivity index is 1.70. The van der Waals surface area contributed by atoms with E-state index in [1.54, 1.807) is 17.3 Å². The SMILES string of the molecule is O=C(O)CCC1CCCN(C(=O)NCCc2ncc[nH]2)C1. The van der Waals surface area contributed by atoms with Crippen molar-refractivity contribution in [3.05, 3.63) is 18.2 Å². The largest absolute Gasteiger partial charge is 0.481 e. The highest BCUT2D eigenvalue weighted by Crippen LogP contribution is 2.20. The fourth-order valence-electron chi connectivity index (χ4n) is 2.65. The zero-order valence-electron chi connectivity index (χ0n) is 12.0. The highest BCUT2D eigenvalue weighted by molar-refractivity contribution is 5.74. The summed E-state index contributed by atoms with van der Waals surface area (Å²) in [6.45, 7) is 1.94. The molecule has 1 atom stereocenters. The minimum absolute atomic E-state index is 0.0680. The predicted octanol–water partition coefficient (Wildman–Crippen LogP) is 1.24. The number of carbonyl (C=O) groups excluding carboxylic acids is 1. The average Bonchev–Trinajstić information content (AvgIpc) is 2.98. The highest BCUT2D eigenvalue weighted by Gasteiger charge is 2.23. The molecule has 7 nitrogen and oxygen atoms in total. The van der Waals surface area contributed by atoms with Crippen LogP contribution in [-0.2, 0) is 11.2 Å². The molecule has 2 amide bonds. The summed E-state index contributed by atoms with van der Waals surface area (Å²) < 4.78 is 0. The molecular weight excluding hydrogens is 272 g/mol. The molecule has 1 aromatic heterocycles. The molecule has 1 fully saturated rings. The molecule has 7 heteroatoms. The molecular formula is C14H22N4O3. The third-order valence-corrected chi connectivity index (χ3v) is 3.77. The molecule has 0 aliphatic carbocycles. The summed E-state index contributed by atoms with van der Waals surface area (Å²) in [5.41, 5.74) is 0. The van der Waals surface area contributed by atoms with Gasteiger partial charge in [0.05, 0.1) is 0 Å². The Kier molecular flexibility index (Phi) is 5.59. The van der Waals surface area contributed by atoms with E-state index in [0.29, 0.717) is 31.8 Å². The Labute approximate surface area is 123 Å². The van der Waals surface area contributed by atoms with Crippen molar-refractivity contribution in [2.75, 3.05) is 19.6 Å². The van der Waals surface area contributed by atoms with Crippen LogP contribution >= 0.6 is 0 Å². The average molecular weight is 294 g/mol. The van der Waals surface area contributed by atoms with E-state index in [1.165, 1.54) is 0 Å². The number of imidazole rings is 1. The molecule has 1 aliphatic heterocycles. The number of carbonyl (C=O) groups is 2. The van der Waals surface area contributed by atoms with Crippen LogP contribution in [0, 0.1) is 5.92 Å². The lowest BCUT2D eigenvalue weighted by Crippen LogP contribution is -2.46. The summed E-state index contributed by atoms with van der Waals surface area (Å²) in [7, 11) is 0. The molecule has 1 aliphatic rings. The Morgan fingerprint density at radius 1 is 1.52 bits per heavy atom. The van der Waals surface area contributed by atoms with E-state index in [9.17, 15) is 9.59 Å². The van der Waals surface area contributed by atoms with Gasteiger partial charge in [0.15, 0.2) is 0 Å². The lowest BCUT2D eigenvalue weighted by molar-refractivity contribution is -0.137. The van der Waals surface area contributed by atoms with Crippen LogP contribution in [-0.4, -0.2) is 51.6 Å². The van der Waals surface area contributed by atoms with Crippen LogP contribution in [0.1, 0.15) is 31.5 Å². The second-order valence-corrected chi connectivity index (χ2v) is 5.40. The third kappa shape index (κ3) is 5.09. The Hall–Kier alpha value is -2.05. The van der Waals surface area contributed by atoms with Gasteiger partial charge in [-0.15, -0.1) is 0 Å². The summed E-state index contributed by atoms with van der Waals surface area (Å²) in [6, 6.07) is -0.0680. The first-order valence-electron chi connectivity index (χ1n) is 7.38. The number of nitrogens with one attached hydrogen (secondary N) is 2. The van der Waals surface area contributed by atoms with E-state index in [4.69, 9.17) is 5.11 Å². The maximum absolute atomic E-state index is 12.1. The number of piperidine rings is 1. The second-order valence-electron chi connectivity index (χ2n) is 5.40. The van der Waals surface area contributed by atoms with Gasteiger partial charge in [-0.25, -0.2) is 9.78 Å². The Morgan fingerprint density at radius 2 is 2.38 bits per heavy atom. The van der Waals surface area contributed by atoms with Gasteiger partial charge in [0, 0.05) is 44.9 Å². The molecule has 1 unspecified atom stereocenters. The molecule has 0 aromatic carbocycles. The van der Waals surface area contributed by atoms with Crippen molar-refractivity contribution < 1.29 is 14.7 Å². The maximum Gasteiger partial charge on any atom is 0.317 e. The van der Waals surface area contributed by atoms with Gasteiger partial charge in [-0.05, 0) is 25.2 Å². The van der Waals surface area contributed by atoms with Crippen LogP contribution in [0.15, 0.2) is 12.4 Å². The summed E-state index contributed by atoms with van der Waals surface area (Å²) in [6.07, 6.45) is 6.89.